The summed E-state index contributed by atoms with van der Waals surface area (Å²) in [4.78, 5) is 8.81. The molecule has 1 heterocycles. The van der Waals surface area contributed by atoms with E-state index in [2.05, 4.69) is 59.6 Å². The van der Waals surface area contributed by atoms with Gasteiger partial charge in [0.1, 0.15) is 17.5 Å². The monoisotopic (exact) mass is 270 g/mol. The van der Waals surface area contributed by atoms with E-state index in [1.165, 1.54) is 5.56 Å². The SMILES string of the molecule is CCNc1cc(Nc2ccccc2C(C)C)nc(C)n1. The van der Waals surface area contributed by atoms with E-state index in [-0.39, 0.29) is 0 Å². The number of nitrogens with one attached hydrogen (secondary N) is 2. The zero-order valence-electron chi connectivity index (χ0n) is 12.6. The molecule has 0 aliphatic carbocycles. The lowest BCUT2D eigenvalue weighted by atomic mass is 10.0. The van der Waals surface area contributed by atoms with Crippen LogP contribution in [0.2, 0.25) is 0 Å². The van der Waals surface area contributed by atoms with Gasteiger partial charge in [0, 0.05) is 18.3 Å². The van der Waals surface area contributed by atoms with Crippen LogP contribution in [0.3, 0.4) is 0 Å². The summed E-state index contributed by atoms with van der Waals surface area (Å²) in [6.07, 6.45) is 0. The van der Waals surface area contributed by atoms with Crippen LogP contribution in [0, 0.1) is 6.92 Å². The van der Waals surface area contributed by atoms with Crippen molar-refractivity contribution in [3.63, 3.8) is 0 Å². The Hall–Kier alpha value is -2.10. The first-order valence-corrected chi connectivity index (χ1v) is 7.05. The minimum Gasteiger partial charge on any atom is -0.370 e. The number of hydrogen-bond acceptors (Lipinski definition) is 4. The van der Waals surface area contributed by atoms with Crippen LogP contribution >= 0.6 is 0 Å². The van der Waals surface area contributed by atoms with Gasteiger partial charge in [-0.25, -0.2) is 9.97 Å². The number of rotatable bonds is 5. The average Bonchev–Trinajstić information content (AvgIpc) is 2.38. The number of anilines is 3. The maximum absolute atomic E-state index is 4.45. The number of para-hydroxylation sites is 1. The van der Waals surface area contributed by atoms with E-state index in [9.17, 15) is 0 Å². The predicted octanol–water partition coefficient (Wildman–Crippen LogP) is 4.08. The standard InChI is InChI=1S/C16H22N4/c1-5-17-15-10-16(19-12(4)18-15)20-14-9-7-6-8-13(14)11(2)3/h6-11H,5H2,1-4H3,(H2,17,18,19,20). The molecule has 1 aromatic carbocycles. The Balaban J connectivity index is 2.30. The van der Waals surface area contributed by atoms with Gasteiger partial charge < -0.3 is 10.6 Å². The molecular formula is C16H22N4. The largest absolute Gasteiger partial charge is 0.370 e. The first-order valence-electron chi connectivity index (χ1n) is 7.05. The lowest BCUT2D eigenvalue weighted by Crippen LogP contribution is -2.05. The summed E-state index contributed by atoms with van der Waals surface area (Å²) in [5.41, 5.74) is 2.39. The third-order valence-electron chi connectivity index (χ3n) is 3.04. The van der Waals surface area contributed by atoms with Crippen molar-refractivity contribution in [2.75, 3.05) is 17.2 Å². The Labute approximate surface area is 120 Å². The van der Waals surface area contributed by atoms with Crippen LogP contribution in [-0.4, -0.2) is 16.5 Å². The van der Waals surface area contributed by atoms with Crippen molar-refractivity contribution in [3.8, 4) is 0 Å². The highest BCUT2D eigenvalue weighted by Crippen LogP contribution is 2.26. The van der Waals surface area contributed by atoms with Gasteiger partial charge in [0.15, 0.2) is 0 Å². The normalized spacial score (nSPS) is 10.7. The minimum absolute atomic E-state index is 0.467. The molecule has 2 N–H and O–H groups in total. The Morgan fingerprint density at radius 1 is 1.10 bits per heavy atom. The Kier molecular flexibility index (Phi) is 4.56. The first-order chi connectivity index (χ1) is 9.60. The summed E-state index contributed by atoms with van der Waals surface area (Å²) in [5.74, 6) is 2.90. The number of aryl methyl sites for hydroxylation is 1. The third-order valence-corrected chi connectivity index (χ3v) is 3.04. The van der Waals surface area contributed by atoms with Crippen LogP contribution in [0.5, 0.6) is 0 Å². The van der Waals surface area contributed by atoms with Crippen molar-refractivity contribution in [2.45, 2.75) is 33.6 Å². The molecule has 0 saturated carbocycles. The highest BCUT2D eigenvalue weighted by Gasteiger charge is 2.07. The second-order valence-corrected chi connectivity index (χ2v) is 5.08. The van der Waals surface area contributed by atoms with Gasteiger partial charge >= 0.3 is 0 Å². The van der Waals surface area contributed by atoms with E-state index in [0.717, 1.165) is 29.7 Å². The molecule has 20 heavy (non-hydrogen) atoms. The number of aromatic nitrogens is 2. The van der Waals surface area contributed by atoms with Gasteiger partial charge in [0.05, 0.1) is 0 Å². The molecule has 2 rings (SSSR count). The Morgan fingerprint density at radius 2 is 1.80 bits per heavy atom. The molecule has 106 valence electrons. The van der Waals surface area contributed by atoms with Crippen LogP contribution in [0.15, 0.2) is 30.3 Å². The summed E-state index contributed by atoms with van der Waals surface area (Å²) in [5, 5.41) is 6.62. The highest BCUT2D eigenvalue weighted by atomic mass is 15.1. The molecule has 0 saturated heterocycles. The topological polar surface area (TPSA) is 49.8 Å². The van der Waals surface area contributed by atoms with Gasteiger partial charge in [0.25, 0.3) is 0 Å². The van der Waals surface area contributed by atoms with Crippen molar-refractivity contribution in [1.29, 1.82) is 0 Å². The Bertz CT molecular complexity index is 578. The van der Waals surface area contributed by atoms with Gasteiger partial charge in [-0.05, 0) is 31.4 Å². The molecule has 2 aromatic rings. The van der Waals surface area contributed by atoms with Crippen LogP contribution in [0.1, 0.15) is 38.1 Å². The molecule has 0 fully saturated rings. The lowest BCUT2D eigenvalue weighted by molar-refractivity contribution is 0.868. The minimum atomic E-state index is 0.467. The summed E-state index contributed by atoms with van der Waals surface area (Å²) in [6, 6.07) is 10.3. The van der Waals surface area contributed by atoms with Crippen molar-refractivity contribution >= 4 is 17.3 Å². The molecule has 4 nitrogen and oxygen atoms in total. The molecule has 0 aliphatic rings. The fourth-order valence-corrected chi connectivity index (χ4v) is 2.16. The predicted molar refractivity (Wildman–Crippen MR) is 84.7 cm³/mol. The highest BCUT2D eigenvalue weighted by molar-refractivity contribution is 5.63. The van der Waals surface area contributed by atoms with Crippen LogP contribution in [0.25, 0.3) is 0 Å². The summed E-state index contributed by atoms with van der Waals surface area (Å²) in [6.45, 7) is 9.18. The summed E-state index contributed by atoms with van der Waals surface area (Å²) >= 11 is 0. The fourth-order valence-electron chi connectivity index (χ4n) is 2.16. The third kappa shape index (κ3) is 3.47. The maximum atomic E-state index is 4.45. The van der Waals surface area contributed by atoms with Gasteiger partial charge in [-0.2, -0.15) is 0 Å². The molecule has 0 atom stereocenters. The van der Waals surface area contributed by atoms with E-state index in [0.29, 0.717) is 5.92 Å². The van der Waals surface area contributed by atoms with Gasteiger partial charge in [-0.15, -0.1) is 0 Å². The summed E-state index contributed by atoms with van der Waals surface area (Å²) in [7, 11) is 0. The molecule has 0 aliphatic heterocycles. The molecule has 0 amide bonds. The van der Waals surface area contributed by atoms with E-state index in [4.69, 9.17) is 0 Å². The zero-order chi connectivity index (χ0) is 14.5. The van der Waals surface area contributed by atoms with Crippen LogP contribution in [-0.2, 0) is 0 Å². The van der Waals surface area contributed by atoms with Crippen molar-refractivity contribution in [1.82, 2.24) is 9.97 Å². The number of nitrogens with zero attached hydrogens (tertiary/aromatic N) is 2. The summed E-state index contributed by atoms with van der Waals surface area (Å²) < 4.78 is 0. The van der Waals surface area contributed by atoms with E-state index in [1.807, 2.05) is 19.1 Å². The quantitative estimate of drug-likeness (QED) is 0.859. The van der Waals surface area contributed by atoms with Crippen molar-refractivity contribution < 1.29 is 0 Å². The fraction of sp³-hybridized carbons (Fsp3) is 0.375. The van der Waals surface area contributed by atoms with Crippen molar-refractivity contribution in [2.24, 2.45) is 0 Å². The zero-order valence-corrected chi connectivity index (χ0v) is 12.6. The number of benzene rings is 1. The number of hydrogen-bond donors (Lipinski definition) is 2. The molecule has 1 aromatic heterocycles. The molecule has 4 heteroatoms. The molecule has 0 bridgehead atoms. The van der Waals surface area contributed by atoms with Crippen LogP contribution in [0.4, 0.5) is 17.3 Å². The maximum Gasteiger partial charge on any atom is 0.136 e. The van der Waals surface area contributed by atoms with E-state index in [1.54, 1.807) is 0 Å². The molecule has 0 spiro atoms. The second-order valence-electron chi connectivity index (χ2n) is 5.08. The molecular weight excluding hydrogens is 248 g/mol. The first kappa shape index (κ1) is 14.3. The van der Waals surface area contributed by atoms with E-state index >= 15 is 0 Å². The van der Waals surface area contributed by atoms with Crippen LogP contribution < -0.4 is 10.6 Å². The van der Waals surface area contributed by atoms with Crippen molar-refractivity contribution in [3.05, 3.63) is 41.7 Å². The van der Waals surface area contributed by atoms with Gasteiger partial charge in [-0.1, -0.05) is 32.0 Å². The smallest absolute Gasteiger partial charge is 0.136 e. The lowest BCUT2D eigenvalue weighted by Gasteiger charge is -2.15. The molecule has 0 unspecified atom stereocenters. The van der Waals surface area contributed by atoms with E-state index < -0.39 is 0 Å². The second kappa shape index (κ2) is 6.37. The molecule has 0 radical (unpaired) electrons. The van der Waals surface area contributed by atoms with Gasteiger partial charge in [0.2, 0.25) is 0 Å². The van der Waals surface area contributed by atoms with Gasteiger partial charge in [-0.3, -0.25) is 0 Å². The Morgan fingerprint density at radius 3 is 2.50 bits per heavy atom. The average molecular weight is 270 g/mol.